The number of nitrogens with zero attached hydrogens (tertiary/aromatic N) is 1. The number of ketones is 1. The highest BCUT2D eigenvalue weighted by atomic mass is 35.5. The van der Waals surface area contributed by atoms with E-state index in [1.165, 1.54) is 4.90 Å². The van der Waals surface area contributed by atoms with Crippen molar-refractivity contribution in [2.75, 3.05) is 6.54 Å². The topological polar surface area (TPSA) is 148 Å². The van der Waals surface area contributed by atoms with Crippen LogP contribution in [0.4, 0.5) is 4.79 Å². The van der Waals surface area contributed by atoms with Gasteiger partial charge in [-0.15, -0.1) is 23.2 Å². The third-order valence-electron chi connectivity index (χ3n) is 7.33. The zero-order chi connectivity index (χ0) is 28.1. The molecule has 0 bridgehead atoms. The fourth-order valence-electron chi connectivity index (χ4n) is 5.10. The smallest absolute Gasteiger partial charge is 0.408 e. The predicted molar refractivity (Wildman–Crippen MR) is 138 cm³/mol. The first-order valence-corrected chi connectivity index (χ1v) is 13.4. The van der Waals surface area contributed by atoms with Gasteiger partial charge in [0.2, 0.25) is 17.6 Å². The summed E-state index contributed by atoms with van der Waals surface area (Å²) in [6, 6.07) is -3.20. The van der Waals surface area contributed by atoms with E-state index in [4.69, 9.17) is 33.7 Å². The second kappa shape index (κ2) is 10.2. The number of hydrogen-bond acceptors (Lipinski definition) is 6. The van der Waals surface area contributed by atoms with Crippen LogP contribution in [0.25, 0.3) is 0 Å². The average Bonchev–Trinajstić information content (AvgIpc) is 3.06. The predicted octanol–water partition coefficient (Wildman–Crippen LogP) is 2.29. The van der Waals surface area contributed by atoms with Crippen LogP contribution >= 0.6 is 23.2 Å². The van der Waals surface area contributed by atoms with Crippen LogP contribution < -0.4 is 16.4 Å². The SMILES string of the molecule is CC(C)(C)OC(=O)N[C@H](C(=O)N1C[C@H]2C([C@H]1C(=O)NC(CC1CCC1)C(=O)C(N)=O)C2(Cl)Cl)C(C)(C)C. The van der Waals surface area contributed by atoms with E-state index in [-0.39, 0.29) is 18.4 Å². The molecule has 2 unspecified atom stereocenters. The van der Waals surface area contributed by atoms with Gasteiger partial charge in [-0.05, 0) is 38.5 Å². The van der Waals surface area contributed by atoms with Gasteiger partial charge in [0.1, 0.15) is 22.0 Å². The van der Waals surface area contributed by atoms with Crippen molar-refractivity contribution in [2.24, 2.45) is 28.9 Å². The van der Waals surface area contributed by atoms with Crippen molar-refractivity contribution in [3.63, 3.8) is 0 Å². The Morgan fingerprint density at radius 3 is 2.11 bits per heavy atom. The number of hydrogen-bond donors (Lipinski definition) is 3. The summed E-state index contributed by atoms with van der Waals surface area (Å²) in [4.78, 5) is 65.4. The zero-order valence-electron chi connectivity index (χ0n) is 22.2. The second-order valence-electron chi connectivity index (χ2n) is 12.5. The molecule has 1 heterocycles. The molecule has 4 N–H and O–H groups in total. The lowest BCUT2D eigenvalue weighted by atomic mass is 9.80. The monoisotopic (exact) mass is 560 g/mol. The van der Waals surface area contributed by atoms with E-state index in [1.54, 1.807) is 41.5 Å². The number of carbonyl (C=O) groups excluding carboxylic acids is 5. The van der Waals surface area contributed by atoms with Crippen molar-refractivity contribution in [1.29, 1.82) is 0 Å². The number of Topliss-reactive ketones (excluding diaryl/α,β-unsaturated/α-hetero) is 1. The molecule has 5 atom stereocenters. The molecule has 0 aromatic carbocycles. The van der Waals surface area contributed by atoms with Crippen molar-refractivity contribution in [3.8, 4) is 0 Å². The number of amides is 4. The van der Waals surface area contributed by atoms with Crippen LogP contribution in [0.15, 0.2) is 0 Å². The summed E-state index contributed by atoms with van der Waals surface area (Å²) in [5.74, 6) is -3.85. The van der Waals surface area contributed by atoms with Gasteiger partial charge >= 0.3 is 6.09 Å². The lowest BCUT2D eigenvalue weighted by molar-refractivity contribution is -0.144. The number of likely N-dealkylation sites (tertiary alicyclic amines) is 1. The Bertz CT molecular complexity index is 969. The summed E-state index contributed by atoms with van der Waals surface area (Å²) < 4.78 is 4.14. The van der Waals surface area contributed by atoms with E-state index in [2.05, 4.69) is 10.6 Å². The summed E-state index contributed by atoms with van der Waals surface area (Å²) in [6.45, 7) is 10.6. The third kappa shape index (κ3) is 6.50. The third-order valence-corrected chi connectivity index (χ3v) is 8.39. The molecule has 0 aromatic rings. The van der Waals surface area contributed by atoms with Gasteiger partial charge in [0.05, 0.1) is 6.04 Å². The number of halogens is 2. The first-order valence-electron chi connectivity index (χ1n) is 12.7. The molecular formula is C25H38Cl2N4O6. The number of alkyl carbamates (subject to hydrolysis) is 1. The van der Waals surface area contributed by atoms with Crippen molar-refractivity contribution in [3.05, 3.63) is 0 Å². The standard InChI is InChI=1S/C25H38Cl2N4O6/c1-23(2,3)18(30-22(36)37-24(4,5)6)21(35)31-11-13-15(25(13,26)27)16(31)20(34)29-14(17(32)19(28)33)10-12-8-7-9-12/h12-16,18H,7-11H2,1-6H3,(H2,28,33)(H,29,34)(H,30,36)/t13-,14?,15?,16-,18+/m0/s1. The molecule has 2 aliphatic carbocycles. The molecule has 37 heavy (non-hydrogen) atoms. The zero-order valence-corrected chi connectivity index (χ0v) is 23.7. The van der Waals surface area contributed by atoms with Gasteiger partial charge in [0, 0.05) is 18.4 Å². The molecule has 3 rings (SSSR count). The molecule has 10 nitrogen and oxygen atoms in total. The number of alkyl halides is 2. The first-order chi connectivity index (χ1) is 16.8. The number of nitrogens with two attached hydrogens (primary N) is 1. The number of fused-ring (bicyclic) bond motifs is 1. The van der Waals surface area contributed by atoms with Crippen LogP contribution in [0, 0.1) is 23.2 Å². The lowest BCUT2D eigenvalue weighted by Crippen LogP contribution is -2.61. The minimum atomic E-state index is -1.20. The van der Waals surface area contributed by atoms with Crippen LogP contribution in [0.5, 0.6) is 0 Å². The molecule has 4 amide bonds. The van der Waals surface area contributed by atoms with Crippen LogP contribution in [-0.4, -0.2) is 69.1 Å². The van der Waals surface area contributed by atoms with Crippen LogP contribution in [0.2, 0.25) is 0 Å². The molecule has 1 saturated heterocycles. The molecule has 208 valence electrons. The van der Waals surface area contributed by atoms with E-state index in [0.29, 0.717) is 6.42 Å². The summed E-state index contributed by atoms with van der Waals surface area (Å²) in [5.41, 5.74) is 3.74. The molecule has 0 radical (unpaired) electrons. The molecule has 0 aromatic heterocycles. The fraction of sp³-hybridized carbons (Fsp3) is 0.800. The Labute approximate surface area is 227 Å². The van der Waals surface area contributed by atoms with Crippen LogP contribution in [0.3, 0.4) is 0 Å². The maximum absolute atomic E-state index is 13.8. The molecule has 0 spiro atoms. The number of primary amides is 1. The van der Waals surface area contributed by atoms with Crippen molar-refractivity contribution in [1.82, 2.24) is 15.5 Å². The molecule has 2 saturated carbocycles. The van der Waals surface area contributed by atoms with E-state index in [0.717, 1.165) is 19.3 Å². The van der Waals surface area contributed by atoms with Gasteiger partial charge in [-0.3, -0.25) is 19.2 Å². The number of ether oxygens (including phenoxy) is 1. The Morgan fingerprint density at radius 1 is 1.05 bits per heavy atom. The molecule has 12 heteroatoms. The number of carbonyl (C=O) groups is 5. The Balaban J connectivity index is 1.83. The highest BCUT2D eigenvalue weighted by Gasteiger charge is 2.74. The quantitative estimate of drug-likeness (QED) is 0.306. The van der Waals surface area contributed by atoms with Gasteiger partial charge in [-0.1, -0.05) is 40.0 Å². The molecule has 1 aliphatic heterocycles. The minimum Gasteiger partial charge on any atom is -0.444 e. The van der Waals surface area contributed by atoms with Crippen molar-refractivity contribution >= 4 is 52.8 Å². The number of rotatable bonds is 8. The fourth-order valence-corrected chi connectivity index (χ4v) is 5.92. The van der Waals surface area contributed by atoms with E-state index in [1.807, 2.05) is 0 Å². The van der Waals surface area contributed by atoms with E-state index in [9.17, 15) is 24.0 Å². The van der Waals surface area contributed by atoms with Crippen LogP contribution in [0.1, 0.15) is 67.2 Å². The summed E-state index contributed by atoms with van der Waals surface area (Å²) >= 11 is 12.9. The van der Waals surface area contributed by atoms with Crippen molar-refractivity contribution in [2.45, 2.75) is 95.3 Å². The van der Waals surface area contributed by atoms with E-state index < -0.39 is 69.0 Å². The van der Waals surface area contributed by atoms with E-state index >= 15 is 0 Å². The largest absolute Gasteiger partial charge is 0.444 e. The number of piperidine rings is 1. The Kier molecular flexibility index (Phi) is 8.16. The minimum absolute atomic E-state index is 0.105. The maximum Gasteiger partial charge on any atom is 0.408 e. The lowest BCUT2D eigenvalue weighted by Gasteiger charge is -2.37. The highest BCUT2D eigenvalue weighted by molar-refractivity contribution is 6.51. The average molecular weight is 562 g/mol. The molecule has 3 aliphatic rings. The van der Waals surface area contributed by atoms with Gasteiger partial charge in [0.25, 0.3) is 5.91 Å². The highest BCUT2D eigenvalue weighted by Crippen LogP contribution is 2.65. The van der Waals surface area contributed by atoms with Gasteiger partial charge in [-0.25, -0.2) is 4.79 Å². The maximum atomic E-state index is 13.8. The van der Waals surface area contributed by atoms with Gasteiger partial charge < -0.3 is 26.0 Å². The Hall–Kier alpha value is -2.07. The summed E-state index contributed by atoms with van der Waals surface area (Å²) in [5, 5.41) is 5.31. The molecular weight excluding hydrogens is 523 g/mol. The van der Waals surface area contributed by atoms with Gasteiger partial charge in [-0.2, -0.15) is 0 Å². The summed E-state index contributed by atoms with van der Waals surface area (Å²) in [7, 11) is 0. The Morgan fingerprint density at radius 2 is 1.65 bits per heavy atom. The summed E-state index contributed by atoms with van der Waals surface area (Å²) in [6.07, 6.45) is 2.34. The second-order valence-corrected chi connectivity index (χ2v) is 14.0. The molecule has 3 fully saturated rings. The normalized spacial score (nSPS) is 26.3. The first kappa shape index (κ1) is 29.5. The van der Waals surface area contributed by atoms with Gasteiger partial charge in [0.15, 0.2) is 0 Å². The van der Waals surface area contributed by atoms with Crippen molar-refractivity contribution < 1.29 is 28.7 Å². The van der Waals surface area contributed by atoms with Crippen LogP contribution in [-0.2, 0) is 23.9 Å². The number of nitrogens with one attached hydrogen (secondary N) is 2.